The number of nitrogen functional groups attached to an aromatic ring is 2. The highest BCUT2D eigenvalue weighted by Gasteiger charge is 2.21. The van der Waals surface area contributed by atoms with E-state index >= 15 is 0 Å². The summed E-state index contributed by atoms with van der Waals surface area (Å²) < 4.78 is 0. The molecule has 0 aliphatic heterocycles. The maximum Gasteiger partial charge on any atom is 0.240 e. The van der Waals surface area contributed by atoms with Crippen molar-refractivity contribution in [3.8, 4) is 0 Å². The Morgan fingerprint density at radius 2 is 1.76 bits per heavy atom. The zero-order chi connectivity index (χ0) is 15.4. The van der Waals surface area contributed by atoms with Crippen molar-refractivity contribution in [1.82, 2.24) is 9.97 Å². The van der Waals surface area contributed by atoms with Crippen LogP contribution < -0.4 is 16.4 Å². The molecule has 2 aromatic rings. The van der Waals surface area contributed by atoms with Crippen molar-refractivity contribution in [2.75, 3.05) is 23.4 Å². The molecule has 1 atom stereocenters. The molecule has 1 amide bonds. The van der Waals surface area contributed by atoms with Gasteiger partial charge in [0.05, 0.1) is 5.25 Å². The van der Waals surface area contributed by atoms with E-state index in [9.17, 15) is 4.79 Å². The van der Waals surface area contributed by atoms with Crippen LogP contribution in [0.15, 0.2) is 41.6 Å². The van der Waals surface area contributed by atoms with Gasteiger partial charge in [0.15, 0.2) is 5.16 Å². The van der Waals surface area contributed by atoms with Gasteiger partial charge in [-0.15, -0.1) is 0 Å². The Morgan fingerprint density at radius 3 is 2.33 bits per heavy atom. The minimum Gasteiger partial charge on any atom is -0.383 e. The molecule has 0 saturated heterocycles. The first-order valence-corrected chi connectivity index (χ1v) is 7.24. The summed E-state index contributed by atoms with van der Waals surface area (Å²) in [5, 5.41) is 0.0474. The summed E-state index contributed by atoms with van der Waals surface area (Å²) in [6, 6.07) is 10.9. The Hall–Kier alpha value is -2.28. The first-order chi connectivity index (χ1) is 9.97. The molecular formula is C14H17N5OS. The number of rotatable bonds is 4. The smallest absolute Gasteiger partial charge is 0.240 e. The van der Waals surface area contributed by atoms with E-state index in [1.807, 2.05) is 30.3 Å². The van der Waals surface area contributed by atoms with Crippen molar-refractivity contribution in [2.45, 2.75) is 17.3 Å². The lowest BCUT2D eigenvalue weighted by Gasteiger charge is -2.20. The van der Waals surface area contributed by atoms with Crippen LogP contribution in [0.25, 0.3) is 0 Å². The molecule has 0 bridgehead atoms. The zero-order valence-electron chi connectivity index (χ0n) is 11.9. The fourth-order valence-corrected chi connectivity index (χ4v) is 2.67. The summed E-state index contributed by atoms with van der Waals surface area (Å²) in [6.45, 7) is 1.80. The molecule has 1 aromatic carbocycles. The van der Waals surface area contributed by atoms with Gasteiger partial charge < -0.3 is 16.4 Å². The van der Waals surface area contributed by atoms with Crippen molar-refractivity contribution in [1.29, 1.82) is 0 Å². The van der Waals surface area contributed by atoms with Gasteiger partial charge in [-0.3, -0.25) is 4.79 Å². The molecule has 4 N–H and O–H groups in total. The summed E-state index contributed by atoms with van der Waals surface area (Å²) in [7, 11) is 1.74. The molecule has 0 aliphatic carbocycles. The number of hydrogen-bond donors (Lipinski definition) is 2. The van der Waals surface area contributed by atoms with Crippen LogP contribution in [-0.2, 0) is 4.79 Å². The SMILES string of the molecule is C[C@@H](Sc1nc(N)cc(N)n1)C(=O)N(C)c1ccccc1. The molecule has 1 aromatic heterocycles. The Labute approximate surface area is 127 Å². The van der Waals surface area contributed by atoms with E-state index in [0.29, 0.717) is 16.8 Å². The molecule has 0 fully saturated rings. The van der Waals surface area contributed by atoms with E-state index in [-0.39, 0.29) is 11.2 Å². The summed E-state index contributed by atoms with van der Waals surface area (Å²) >= 11 is 1.23. The first kappa shape index (κ1) is 15.1. The first-order valence-electron chi connectivity index (χ1n) is 6.36. The number of anilines is 3. The number of amides is 1. The lowest BCUT2D eigenvalue weighted by atomic mass is 10.3. The van der Waals surface area contributed by atoms with Gasteiger partial charge in [0.25, 0.3) is 0 Å². The van der Waals surface area contributed by atoms with Gasteiger partial charge in [-0.1, -0.05) is 30.0 Å². The second-order valence-electron chi connectivity index (χ2n) is 4.49. The zero-order valence-corrected chi connectivity index (χ0v) is 12.7. The molecule has 0 spiro atoms. The van der Waals surface area contributed by atoms with Crippen LogP contribution in [0.1, 0.15) is 6.92 Å². The van der Waals surface area contributed by atoms with Crippen molar-refractivity contribution in [3.05, 3.63) is 36.4 Å². The molecule has 7 heteroatoms. The van der Waals surface area contributed by atoms with Gasteiger partial charge >= 0.3 is 0 Å². The van der Waals surface area contributed by atoms with Crippen LogP contribution in [0.2, 0.25) is 0 Å². The average molecular weight is 303 g/mol. The molecule has 6 nitrogen and oxygen atoms in total. The Bertz CT molecular complexity index is 614. The highest BCUT2D eigenvalue weighted by atomic mass is 32.2. The summed E-state index contributed by atoms with van der Waals surface area (Å²) in [5.74, 6) is 0.540. The van der Waals surface area contributed by atoms with E-state index in [1.54, 1.807) is 18.9 Å². The monoisotopic (exact) mass is 303 g/mol. The van der Waals surface area contributed by atoms with Gasteiger partial charge in [0.2, 0.25) is 5.91 Å². The standard InChI is InChI=1S/C14H17N5OS/c1-9(21-14-17-11(15)8-12(16)18-14)13(20)19(2)10-6-4-3-5-7-10/h3-9H,1-2H3,(H4,15,16,17,18)/t9-/m1/s1. The third-order valence-corrected chi connectivity index (χ3v) is 3.80. The minimum atomic E-state index is -0.351. The summed E-state index contributed by atoms with van der Waals surface area (Å²) in [5.41, 5.74) is 12.1. The van der Waals surface area contributed by atoms with Crippen LogP contribution in [-0.4, -0.2) is 28.2 Å². The number of aromatic nitrogens is 2. The number of nitrogens with zero attached hydrogens (tertiary/aromatic N) is 3. The fraction of sp³-hybridized carbons (Fsp3) is 0.214. The maximum absolute atomic E-state index is 12.4. The van der Waals surface area contributed by atoms with Gasteiger partial charge in [-0.05, 0) is 19.1 Å². The van der Waals surface area contributed by atoms with E-state index in [1.165, 1.54) is 17.8 Å². The van der Waals surface area contributed by atoms with Crippen molar-refractivity contribution in [3.63, 3.8) is 0 Å². The van der Waals surface area contributed by atoms with E-state index in [4.69, 9.17) is 11.5 Å². The van der Waals surface area contributed by atoms with Gasteiger partial charge in [0.1, 0.15) is 11.6 Å². The third kappa shape index (κ3) is 3.85. The van der Waals surface area contributed by atoms with Gasteiger partial charge in [-0.25, -0.2) is 9.97 Å². The lowest BCUT2D eigenvalue weighted by molar-refractivity contribution is -0.117. The molecule has 0 aliphatic rings. The van der Waals surface area contributed by atoms with Crippen LogP contribution in [0.5, 0.6) is 0 Å². The maximum atomic E-state index is 12.4. The van der Waals surface area contributed by atoms with Crippen molar-refractivity contribution < 1.29 is 4.79 Å². The number of benzene rings is 1. The van der Waals surface area contributed by atoms with Crippen molar-refractivity contribution in [2.24, 2.45) is 0 Å². The molecule has 0 unspecified atom stereocenters. The van der Waals surface area contributed by atoms with Crippen LogP contribution in [0.4, 0.5) is 17.3 Å². The molecule has 110 valence electrons. The van der Waals surface area contributed by atoms with Gasteiger partial charge in [-0.2, -0.15) is 0 Å². The summed E-state index contributed by atoms with van der Waals surface area (Å²) in [6.07, 6.45) is 0. The highest BCUT2D eigenvalue weighted by molar-refractivity contribution is 8.00. The Balaban J connectivity index is 2.09. The second kappa shape index (κ2) is 6.45. The second-order valence-corrected chi connectivity index (χ2v) is 5.80. The highest BCUT2D eigenvalue weighted by Crippen LogP contribution is 2.24. The third-order valence-electron chi connectivity index (χ3n) is 2.85. The minimum absolute atomic E-state index is 0.0456. The van der Waals surface area contributed by atoms with E-state index in [0.717, 1.165) is 5.69 Å². The predicted octanol–water partition coefficient (Wildman–Crippen LogP) is 1.78. The van der Waals surface area contributed by atoms with Crippen molar-refractivity contribution >= 4 is 35.0 Å². The molecule has 2 rings (SSSR count). The fourth-order valence-electron chi connectivity index (χ4n) is 1.77. The number of nitrogens with two attached hydrogens (primary N) is 2. The van der Waals surface area contributed by atoms with Crippen LogP contribution in [0.3, 0.4) is 0 Å². The predicted molar refractivity (Wildman–Crippen MR) is 86.0 cm³/mol. The topological polar surface area (TPSA) is 98.1 Å². The molecular weight excluding hydrogens is 286 g/mol. The van der Waals surface area contributed by atoms with Crippen LogP contribution in [0, 0.1) is 0 Å². The molecule has 0 saturated carbocycles. The van der Waals surface area contributed by atoms with E-state index in [2.05, 4.69) is 9.97 Å². The quantitative estimate of drug-likeness (QED) is 0.660. The molecule has 21 heavy (non-hydrogen) atoms. The van der Waals surface area contributed by atoms with E-state index < -0.39 is 0 Å². The number of carbonyl (C=O) groups excluding carboxylic acids is 1. The number of carbonyl (C=O) groups is 1. The number of thioether (sulfide) groups is 1. The Morgan fingerprint density at radius 1 is 1.19 bits per heavy atom. The summed E-state index contributed by atoms with van der Waals surface area (Å²) in [4.78, 5) is 22.1. The Kier molecular flexibility index (Phi) is 4.64. The average Bonchev–Trinajstić information content (AvgIpc) is 2.45. The van der Waals surface area contributed by atoms with Crippen LogP contribution >= 0.6 is 11.8 Å². The largest absolute Gasteiger partial charge is 0.383 e. The molecule has 1 heterocycles. The van der Waals surface area contributed by atoms with Gasteiger partial charge in [0, 0.05) is 18.8 Å². The normalized spacial score (nSPS) is 11.9. The molecule has 0 radical (unpaired) electrons. The lowest BCUT2D eigenvalue weighted by Crippen LogP contribution is -2.33. The number of hydrogen-bond acceptors (Lipinski definition) is 6. The number of para-hydroxylation sites is 1.